The second kappa shape index (κ2) is 8.06. The monoisotopic (exact) mass is 440 g/mol. The van der Waals surface area contributed by atoms with Gasteiger partial charge in [-0.2, -0.15) is 0 Å². The molecule has 1 saturated heterocycles. The molecule has 0 atom stereocenters. The highest BCUT2D eigenvalue weighted by Gasteiger charge is 2.23. The molecule has 0 saturated carbocycles. The van der Waals surface area contributed by atoms with Crippen LogP contribution in [0.1, 0.15) is 41.6 Å². The van der Waals surface area contributed by atoms with Crippen molar-refractivity contribution in [2.45, 2.75) is 26.3 Å². The maximum absolute atomic E-state index is 13.8. The van der Waals surface area contributed by atoms with Crippen molar-refractivity contribution in [3.05, 3.63) is 41.6 Å². The molecule has 168 valence electrons. The second-order valence-electron chi connectivity index (χ2n) is 8.71. The molecule has 0 aliphatic carbocycles. The van der Waals surface area contributed by atoms with Gasteiger partial charge in [-0.05, 0) is 32.9 Å². The lowest BCUT2D eigenvalue weighted by molar-refractivity contribution is 0.0913. The first-order valence-corrected chi connectivity index (χ1v) is 10.2. The zero-order chi connectivity index (χ0) is 23.0. The molecule has 11 heteroatoms. The maximum Gasteiger partial charge on any atom is 0.271 e. The number of nitrogens with two attached hydrogens (primary N) is 1. The van der Waals surface area contributed by atoms with Crippen LogP contribution in [0.15, 0.2) is 24.5 Å². The predicted octanol–water partition coefficient (Wildman–Crippen LogP) is 1.45. The SMILES string of the molecule is CC(C)(C)NC(=O)c1cnc(N2CCN(c3nc4c(C(N)=O)cc(F)cc4[nH]3)CC2)cn1. The number of H-pyrrole nitrogens is 1. The van der Waals surface area contributed by atoms with Crippen LogP contribution >= 0.6 is 0 Å². The quantitative estimate of drug-likeness (QED) is 0.559. The van der Waals surface area contributed by atoms with E-state index in [9.17, 15) is 14.0 Å². The number of aromatic nitrogens is 4. The summed E-state index contributed by atoms with van der Waals surface area (Å²) in [5.41, 5.74) is 6.10. The highest BCUT2D eigenvalue weighted by Crippen LogP contribution is 2.24. The van der Waals surface area contributed by atoms with Gasteiger partial charge in [-0.15, -0.1) is 0 Å². The van der Waals surface area contributed by atoms with Gasteiger partial charge in [0.15, 0.2) is 0 Å². The van der Waals surface area contributed by atoms with E-state index >= 15 is 0 Å². The molecule has 10 nitrogen and oxygen atoms in total. The van der Waals surface area contributed by atoms with Crippen molar-refractivity contribution in [2.24, 2.45) is 5.73 Å². The number of hydrogen-bond acceptors (Lipinski definition) is 7. The Hall–Kier alpha value is -3.76. The number of fused-ring (bicyclic) bond motifs is 1. The summed E-state index contributed by atoms with van der Waals surface area (Å²) in [7, 11) is 0. The molecule has 0 unspecified atom stereocenters. The number of piperazine rings is 1. The summed E-state index contributed by atoms with van der Waals surface area (Å²) in [6.07, 6.45) is 3.07. The molecule has 0 bridgehead atoms. The van der Waals surface area contributed by atoms with Gasteiger partial charge < -0.3 is 25.8 Å². The van der Waals surface area contributed by atoms with E-state index in [1.165, 1.54) is 12.3 Å². The number of imidazole rings is 1. The fourth-order valence-electron chi connectivity index (χ4n) is 3.56. The Balaban J connectivity index is 1.44. The Morgan fingerprint density at radius 2 is 1.78 bits per heavy atom. The zero-order valence-electron chi connectivity index (χ0n) is 18.1. The maximum atomic E-state index is 13.8. The van der Waals surface area contributed by atoms with Gasteiger partial charge in [0.25, 0.3) is 11.8 Å². The Morgan fingerprint density at radius 1 is 1.09 bits per heavy atom. The first kappa shape index (κ1) is 21.5. The third kappa shape index (κ3) is 4.46. The summed E-state index contributed by atoms with van der Waals surface area (Å²) in [4.78, 5) is 44.1. The summed E-state index contributed by atoms with van der Waals surface area (Å²) >= 11 is 0. The Bertz CT molecular complexity index is 1160. The van der Waals surface area contributed by atoms with Crippen LogP contribution in [-0.2, 0) is 0 Å². The van der Waals surface area contributed by atoms with E-state index in [4.69, 9.17) is 5.73 Å². The number of carbonyl (C=O) groups excluding carboxylic acids is 2. The van der Waals surface area contributed by atoms with E-state index < -0.39 is 11.7 Å². The summed E-state index contributed by atoms with van der Waals surface area (Å²) in [6, 6.07) is 2.39. The molecule has 1 aliphatic heterocycles. The number of nitrogens with one attached hydrogen (secondary N) is 2. The van der Waals surface area contributed by atoms with Gasteiger partial charge in [0.2, 0.25) is 5.95 Å². The molecule has 32 heavy (non-hydrogen) atoms. The molecule has 2 aromatic heterocycles. The van der Waals surface area contributed by atoms with Crippen molar-refractivity contribution in [1.29, 1.82) is 0 Å². The third-order valence-corrected chi connectivity index (χ3v) is 5.07. The molecule has 1 aromatic carbocycles. The Kier molecular flexibility index (Phi) is 5.41. The second-order valence-corrected chi connectivity index (χ2v) is 8.71. The van der Waals surface area contributed by atoms with Crippen LogP contribution in [0, 0.1) is 5.82 Å². The average molecular weight is 440 g/mol. The number of rotatable bonds is 4. The van der Waals surface area contributed by atoms with E-state index in [0.717, 1.165) is 6.07 Å². The van der Waals surface area contributed by atoms with Crippen molar-refractivity contribution in [3.8, 4) is 0 Å². The first-order chi connectivity index (χ1) is 15.1. The minimum atomic E-state index is -0.726. The molecule has 1 fully saturated rings. The van der Waals surface area contributed by atoms with Crippen molar-refractivity contribution in [1.82, 2.24) is 25.3 Å². The topological polar surface area (TPSA) is 133 Å². The zero-order valence-corrected chi connectivity index (χ0v) is 18.1. The largest absolute Gasteiger partial charge is 0.366 e. The van der Waals surface area contributed by atoms with Crippen molar-refractivity contribution in [2.75, 3.05) is 36.0 Å². The molecule has 4 N–H and O–H groups in total. The molecule has 1 aliphatic rings. The number of hydrogen-bond donors (Lipinski definition) is 3. The van der Waals surface area contributed by atoms with Gasteiger partial charge in [0, 0.05) is 31.7 Å². The van der Waals surface area contributed by atoms with E-state index in [2.05, 4.69) is 30.2 Å². The van der Waals surface area contributed by atoms with Gasteiger partial charge in [-0.25, -0.2) is 19.3 Å². The van der Waals surface area contributed by atoms with Gasteiger partial charge in [-0.1, -0.05) is 0 Å². The number of carbonyl (C=O) groups is 2. The number of halogens is 1. The highest BCUT2D eigenvalue weighted by molar-refractivity contribution is 6.04. The predicted molar refractivity (Wildman–Crippen MR) is 118 cm³/mol. The van der Waals surface area contributed by atoms with Gasteiger partial charge in [-0.3, -0.25) is 9.59 Å². The van der Waals surface area contributed by atoms with Crippen LogP contribution in [-0.4, -0.2) is 63.5 Å². The lowest BCUT2D eigenvalue weighted by Gasteiger charge is -2.35. The molecule has 3 aromatic rings. The van der Waals surface area contributed by atoms with E-state index in [1.54, 1.807) is 6.20 Å². The Labute approximate surface area is 184 Å². The number of primary amides is 1. The molecule has 3 heterocycles. The van der Waals surface area contributed by atoms with Crippen molar-refractivity contribution >= 4 is 34.6 Å². The smallest absolute Gasteiger partial charge is 0.271 e. The molecule has 4 rings (SSSR count). The normalized spacial score (nSPS) is 14.6. The fraction of sp³-hybridized carbons (Fsp3) is 0.381. The number of amides is 2. The lowest BCUT2D eigenvalue weighted by atomic mass is 10.1. The summed E-state index contributed by atoms with van der Waals surface area (Å²) in [6.45, 7) is 8.26. The summed E-state index contributed by atoms with van der Waals surface area (Å²) in [5.74, 6) is -0.314. The molecular weight excluding hydrogens is 415 g/mol. The van der Waals surface area contributed by atoms with Crippen LogP contribution in [0.25, 0.3) is 11.0 Å². The lowest BCUT2D eigenvalue weighted by Crippen LogP contribution is -2.47. The molecular formula is C21H25FN8O2. The number of aromatic amines is 1. The van der Waals surface area contributed by atoms with Crippen LogP contribution in [0.5, 0.6) is 0 Å². The van der Waals surface area contributed by atoms with Crippen LogP contribution in [0.2, 0.25) is 0 Å². The fourth-order valence-corrected chi connectivity index (χ4v) is 3.56. The minimum Gasteiger partial charge on any atom is -0.366 e. The first-order valence-electron chi connectivity index (χ1n) is 10.2. The number of anilines is 2. The number of benzene rings is 1. The van der Waals surface area contributed by atoms with E-state index in [-0.39, 0.29) is 22.7 Å². The van der Waals surface area contributed by atoms with E-state index in [1.807, 2.05) is 25.7 Å². The average Bonchev–Trinajstić information content (AvgIpc) is 3.16. The van der Waals surface area contributed by atoms with Gasteiger partial charge in [0.1, 0.15) is 22.8 Å². The van der Waals surface area contributed by atoms with Crippen molar-refractivity contribution < 1.29 is 14.0 Å². The molecule has 0 radical (unpaired) electrons. The highest BCUT2D eigenvalue weighted by atomic mass is 19.1. The standard InChI is InChI=1S/C21H25FN8O2/c1-21(2,3)28-19(32)15-10-25-16(11-24-15)29-4-6-30(7-5-29)20-26-14-9-12(22)8-13(18(23)31)17(14)27-20/h8-11H,4-7H2,1-3H3,(H2,23,31)(H,26,27)(H,28,32). The third-order valence-electron chi connectivity index (χ3n) is 5.07. The van der Waals surface area contributed by atoms with Crippen LogP contribution in [0.3, 0.4) is 0 Å². The molecule has 0 spiro atoms. The Morgan fingerprint density at radius 3 is 2.38 bits per heavy atom. The van der Waals surface area contributed by atoms with Crippen molar-refractivity contribution in [3.63, 3.8) is 0 Å². The summed E-state index contributed by atoms with van der Waals surface area (Å²) < 4.78 is 13.8. The van der Waals surface area contributed by atoms with Gasteiger partial charge >= 0.3 is 0 Å². The van der Waals surface area contributed by atoms with E-state index in [0.29, 0.717) is 49.0 Å². The van der Waals surface area contributed by atoms with Gasteiger partial charge in [0.05, 0.1) is 23.5 Å². The minimum absolute atomic E-state index is 0.0481. The van der Waals surface area contributed by atoms with Crippen LogP contribution < -0.4 is 20.9 Å². The number of nitrogens with zero attached hydrogens (tertiary/aromatic N) is 5. The summed E-state index contributed by atoms with van der Waals surface area (Å²) in [5, 5.41) is 2.86. The van der Waals surface area contributed by atoms with Crippen LogP contribution in [0.4, 0.5) is 16.2 Å². The molecule has 2 amide bonds.